The van der Waals surface area contributed by atoms with Crippen LogP contribution in [0.3, 0.4) is 0 Å². The fourth-order valence-corrected chi connectivity index (χ4v) is 3.64. The van der Waals surface area contributed by atoms with Crippen molar-refractivity contribution >= 4 is 10.0 Å². The lowest BCUT2D eigenvalue weighted by Gasteiger charge is -2.21. The van der Waals surface area contributed by atoms with Gasteiger partial charge in [-0.1, -0.05) is 19.3 Å². The van der Waals surface area contributed by atoms with Gasteiger partial charge in [-0.25, -0.2) is 17.5 Å². The Balaban J connectivity index is 2.04. The first-order chi connectivity index (χ1) is 9.53. The van der Waals surface area contributed by atoms with Crippen LogP contribution < -0.4 is 9.46 Å². The topological polar surface area (TPSA) is 55.4 Å². The van der Waals surface area contributed by atoms with Crippen molar-refractivity contribution in [3.63, 3.8) is 0 Å². The highest BCUT2D eigenvalue weighted by molar-refractivity contribution is 7.89. The molecule has 0 atom stereocenters. The summed E-state index contributed by atoms with van der Waals surface area (Å²) in [7, 11) is -2.31. The van der Waals surface area contributed by atoms with Crippen molar-refractivity contribution in [2.75, 3.05) is 13.7 Å². The summed E-state index contributed by atoms with van der Waals surface area (Å²) in [6, 6.07) is 3.66. The van der Waals surface area contributed by atoms with E-state index in [1.54, 1.807) is 0 Å². The summed E-state index contributed by atoms with van der Waals surface area (Å²) in [5.74, 6) is -0.245. The molecule has 1 aliphatic carbocycles. The van der Waals surface area contributed by atoms with Crippen LogP contribution in [0, 0.1) is 11.7 Å². The second-order valence-corrected chi connectivity index (χ2v) is 6.92. The average Bonchev–Trinajstić information content (AvgIpc) is 2.46. The van der Waals surface area contributed by atoms with Gasteiger partial charge in [0.15, 0.2) is 11.6 Å². The zero-order valence-corrected chi connectivity index (χ0v) is 12.4. The van der Waals surface area contributed by atoms with Gasteiger partial charge in [0.1, 0.15) is 0 Å². The maximum Gasteiger partial charge on any atom is 0.240 e. The molecule has 1 N–H and O–H groups in total. The van der Waals surface area contributed by atoms with Crippen molar-refractivity contribution in [2.24, 2.45) is 5.92 Å². The number of hydrogen-bond donors (Lipinski definition) is 1. The number of sulfonamides is 1. The van der Waals surface area contributed by atoms with Crippen LogP contribution in [0.1, 0.15) is 32.1 Å². The highest BCUT2D eigenvalue weighted by Crippen LogP contribution is 2.24. The molecule has 1 aromatic carbocycles. The molecule has 2 rings (SSSR count). The molecule has 112 valence electrons. The van der Waals surface area contributed by atoms with E-state index in [2.05, 4.69) is 4.72 Å². The largest absolute Gasteiger partial charge is 0.494 e. The first-order valence-electron chi connectivity index (χ1n) is 6.86. The lowest BCUT2D eigenvalue weighted by Crippen LogP contribution is -2.30. The molecule has 1 saturated carbocycles. The fourth-order valence-electron chi connectivity index (χ4n) is 2.52. The molecule has 4 nitrogen and oxygen atoms in total. The van der Waals surface area contributed by atoms with Gasteiger partial charge in [0.2, 0.25) is 10.0 Å². The van der Waals surface area contributed by atoms with Crippen LogP contribution in [0.15, 0.2) is 23.1 Å². The predicted molar refractivity (Wildman–Crippen MR) is 74.7 cm³/mol. The Morgan fingerprint density at radius 2 is 2.00 bits per heavy atom. The first-order valence-corrected chi connectivity index (χ1v) is 8.34. The molecule has 0 amide bonds. The highest BCUT2D eigenvalue weighted by Gasteiger charge is 2.20. The SMILES string of the molecule is COc1ccc(S(=O)(=O)NCC2CCCCC2)cc1F. The molecule has 0 unspecified atom stereocenters. The minimum absolute atomic E-state index is 0.0382. The normalized spacial score (nSPS) is 17.1. The van der Waals surface area contributed by atoms with Gasteiger partial charge < -0.3 is 4.74 Å². The molecule has 20 heavy (non-hydrogen) atoms. The average molecular weight is 301 g/mol. The predicted octanol–water partition coefficient (Wildman–Crippen LogP) is 2.69. The minimum atomic E-state index is -3.65. The molecule has 1 aliphatic rings. The molecular weight excluding hydrogens is 281 g/mol. The van der Waals surface area contributed by atoms with Crippen LogP contribution in [0.4, 0.5) is 4.39 Å². The van der Waals surface area contributed by atoms with Crippen LogP contribution in [-0.4, -0.2) is 22.1 Å². The van der Waals surface area contributed by atoms with E-state index in [1.807, 2.05) is 0 Å². The summed E-state index contributed by atoms with van der Waals surface area (Å²) >= 11 is 0. The molecule has 6 heteroatoms. The zero-order chi connectivity index (χ0) is 14.6. The quantitative estimate of drug-likeness (QED) is 0.909. The smallest absolute Gasteiger partial charge is 0.240 e. The van der Waals surface area contributed by atoms with Gasteiger partial charge in [-0.15, -0.1) is 0 Å². The van der Waals surface area contributed by atoms with Gasteiger partial charge in [-0.3, -0.25) is 0 Å². The Kier molecular flexibility index (Phi) is 4.99. The lowest BCUT2D eigenvalue weighted by atomic mass is 9.90. The number of nitrogens with one attached hydrogen (secondary N) is 1. The molecular formula is C14H20FNO3S. The number of hydrogen-bond acceptors (Lipinski definition) is 3. The van der Waals surface area contributed by atoms with Crippen molar-refractivity contribution in [1.29, 1.82) is 0 Å². The summed E-state index contributed by atoms with van der Waals surface area (Å²) in [6.07, 6.45) is 5.65. The molecule has 0 radical (unpaired) electrons. The van der Waals surface area contributed by atoms with Gasteiger partial charge in [0.25, 0.3) is 0 Å². The number of ether oxygens (including phenoxy) is 1. The Morgan fingerprint density at radius 1 is 1.30 bits per heavy atom. The van der Waals surface area contributed by atoms with E-state index in [-0.39, 0.29) is 10.6 Å². The van der Waals surface area contributed by atoms with Crippen LogP contribution >= 0.6 is 0 Å². The lowest BCUT2D eigenvalue weighted by molar-refractivity contribution is 0.357. The second kappa shape index (κ2) is 6.54. The van der Waals surface area contributed by atoms with Gasteiger partial charge in [-0.05, 0) is 37.0 Å². The summed E-state index contributed by atoms with van der Waals surface area (Å²) in [5.41, 5.74) is 0. The number of methoxy groups -OCH3 is 1. The van der Waals surface area contributed by atoms with E-state index in [0.717, 1.165) is 31.7 Å². The standard InChI is InChI=1S/C14H20FNO3S/c1-19-14-8-7-12(9-13(14)15)20(17,18)16-10-11-5-3-2-4-6-11/h7-9,11,16H,2-6,10H2,1H3. The fraction of sp³-hybridized carbons (Fsp3) is 0.571. The Bertz CT molecular complexity index is 554. The summed E-state index contributed by atoms with van der Waals surface area (Å²) in [6.45, 7) is 0.427. The molecule has 0 heterocycles. The third-order valence-corrected chi connectivity index (χ3v) is 5.14. The Hall–Kier alpha value is -1.14. The summed E-state index contributed by atoms with van der Waals surface area (Å²) in [5, 5.41) is 0. The van der Waals surface area contributed by atoms with Crippen LogP contribution in [0.25, 0.3) is 0 Å². The maximum atomic E-state index is 13.6. The molecule has 0 aliphatic heterocycles. The highest BCUT2D eigenvalue weighted by atomic mass is 32.2. The monoisotopic (exact) mass is 301 g/mol. The van der Waals surface area contributed by atoms with E-state index in [4.69, 9.17) is 4.74 Å². The zero-order valence-electron chi connectivity index (χ0n) is 11.6. The first kappa shape index (κ1) is 15.3. The molecule has 1 aromatic rings. The summed E-state index contributed by atoms with van der Waals surface area (Å²) in [4.78, 5) is -0.0633. The molecule has 0 saturated heterocycles. The van der Waals surface area contributed by atoms with Crippen LogP contribution in [0.2, 0.25) is 0 Å². The van der Waals surface area contributed by atoms with E-state index in [0.29, 0.717) is 12.5 Å². The molecule has 0 bridgehead atoms. The third kappa shape index (κ3) is 3.70. The molecule has 0 aromatic heterocycles. The molecule has 1 fully saturated rings. The minimum Gasteiger partial charge on any atom is -0.494 e. The second-order valence-electron chi connectivity index (χ2n) is 5.15. The molecule has 0 spiro atoms. The van der Waals surface area contributed by atoms with E-state index in [1.165, 1.54) is 25.7 Å². The Labute approximate surface area is 119 Å². The summed E-state index contributed by atoms with van der Waals surface area (Å²) < 4.78 is 45.1. The number of halogens is 1. The number of benzene rings is 1. The van der Waals surface area contributed by atoms with Crippen LogP contribution in [0.5, 0.6) is 5.75 Å². The maximum absolute atomic E-state index is 13.6. The van der Waals surface area contributed by atoms with Crippen molar-refractivity contribution in [3.05, 3.63) is 24.0 Å². The van der Waals surface area contributed by atoms with Crippen molar-refractivity contribution in [3.8, 4) is 5.75 Å². The van der Waals surface area contributed by atoms with E-state index in [9.17, 15) is 12.8 Å². The van der Waals surface area contributed by atoms with Gasteiger partial charge in [0.05, 0.1) is 12.0 Å². The van der Waals surface area contributed by atoms with Crippen molar-refractivity contribution in [2.45, 2.75) is 37.0 Å². The van der Waals surface area contributed by atoms with Crippen molar-refractivity contribution in [1.82, 2.24) is 4.72 Å². The van der Waals surface area contributed by atoms with Gasteiger partial charge in [-0.2, -0.15) is 0 Å². The van der Waals surface area contributed by atoms with Crippen LogP contribution in [-0.2, 0) is 10.0 Å². The van der Waals surface area contributed by atoms with Crippen molar-refractivity contribution < 1.29 is 17.5 Å². The Morgan fingerprint density at radius 3 is 2.60 bits per heavy atom. The third-order valence-electron chi connectivity index (χ3n) is 3.72. The number of rotatable bonds is 5. The van der Waals surface area contributed by atoms with E-state index < -0.39 is 15.8 Å². The van der Waals surface area contributed by atoms with E-state index >= 15 is 0 Å². The van der Waals surface area contributed by atoms with Gasteiger partial charge >= 0.3 is 0 Å². The van der Waals surface area contributed by atoms with Gasteiger partial charge in [0, 0.05) is 6.54 Å².